The third-order valence-corrected chi connectivity index (χ3v) is 1.31. The Labute approximate surface area is 58.9 Å². The number of hydrogen-bond donors (Lipinski definition) is 1. The highest BCUT2D eigenvalue weighted by atomic mass is 32.2. The highest BCUT2D eigenvalue weighted by Crippen LogP contribution is 1.95. The van der Waals surface area contributed by atoms with E-state index < -0.39 is 6.23 Å². The monoisotopic (exact) mass is 149 g/mol. The molecule has 0 aliphatic heterocycles. The Hall–Kier alpha value is -0.220. The molecule has 0 aliphatic carbocycles. The van der Waals surface area contributed by atoms with Gasteiger partial charge in [0.25, 0.3) is 0 Å². The van der Waals surface area contributed by atoms with Crippen LogP contribution in [0.5, 0.6) is 0 Å². The van der Waals surface area contributed by atoms with E-state index >= 15 is 0 Å². The SMILES string of the molecule is CSC[C@H](N)OC(C)=O. The molecule has 0 saturated heterocycles. The number of nitrogens with two attached hydrogens (primary N) is 1. The van der Waals surface area contributed by atoms with E-state index in [-0.39, 0.29) is 5.97 Å². The molecule has 0 rings (SSSR count). The van der Waals surface area contributed by atoms with Crippen LogP contribution in [0, 0.1) is 0 Å². The zero-order chi connectivity index (χ0) is 7.28. The van der Waals surface area contributed by atoms with Crippen LogP contribution in [0.1, 0.15) is 6.92 Å². The fraction of sp³-hybridized carbons (Fsp3) is 0.800. The Morgan fingerprint density at radius 1 is 1.89 bits per heavy atom. The van der Waals surface area contributed by atoms with Crippen molar-refractivity contribution in [1.82, 2.24) is 0 Å². The van der Waals surface area contributed by atoms with Crippen LogP contribution in [-0.2, 0) is 9.53 Å². The Morgan fingerprint density at radius 3 is 2.78 bits per heavy atom. The van der Waals surface area contributed by atoms with Crippen molar-refractivity contribution in [2.24, 2.45) is 5.73 Å². The Kier molecular flexibility index (Phi) is 4.53. The van der Waals surface area contributed by atoms with Crippen LogP contribution in [-0.4, -0.2) is 24.2 Å². The second-order valence-electron chi connectivity index (χ2n) is 1.60. The smallest absolute Gasteiger partial charge is 0.304 e. The van der Waals surface area contributed by atoms with E-state index in [4.69, 9.17) is 5.73 Å². The summed E-state index contributed by atoms with van der Waals surface area (Å²) in [5, 5.41) is 0. The maximum atomic E-state index is 10.2. The molecule has 0 bridgehead atoms. The van der Waals surface area contributed by atoms with Crippen molar-refractivity contribution in [3.05, 3.63) is 0 Å². The van der Waals surface area contributed by atoms with Gasteiger partial charge < -0.3 is 4.74 Å². The summed E-state index contributed by atoms with van der Waals surface area (Å²) in [6.45, 7) is 1.35. The summed E-state index contributed by atoms with van der Waals surface area (Å²) in [4.78, 5) is 10.2. The van der Waals surface area contributed by atoms with Gasteiger partial charge in [0.1, 0.15) is 0 Å². The molecule has 0 aromatic heterocycles. The van der Waals surface area contributed by atoms with Gasteiger partial charge in [-0.25, -0.2) is 0 Å². The van der Waals surface area contributed by atoms with Gasteiger partial charge in [-0.1, -0.05) is 0 Å². The van der Waals surface area contributed by atoms with Crippen LogP contribution >= 0.6 is 11.8 Å². The summed E-state index contributed by atoms with van der Waals surface area (Å²) in [6, 6.07) is 0. The van der Waals surface area contributed by atoms with Crippen LogP contribution in [0.15, 0.2) is 0 Å². The maximum absolute atomic E-state index is 10.2. The van der Waals surface area contributed by atoms with Gasteiger partial charge in [-0.05, 0) is 6.26 Å². The lowest BCUT2D eigenvalue weighted by atomic mass is 10.7. The molecule has 9 heavy (non-hydrogen) atoms. The predicted octanol–water partition coefficient (Wildman–Crippen LogP) is 0.197. The number of carbonyl (C=O) groups excluding carboxylic acids is 1. The number of carbonyl (C=O) groups is 1. The average molecular weight is 149 g/mol. The maximum Gasteiger partial charge on any atom is 0.304 e. The predicted molar refractivity (Wildman–Crippen MR) is 38.1 cm³/mol. The van der Waals surface area contributed by atoms with Gasteiger partial charge in [0.05, 0.1) is 0 Å². The van der Waals surface area contributed by atoms with E-state index in [0.29, 0.717) is 5.75 Å². The Morgan fingerprint density at radius 2 is 2.44 bits per heavy atom. The molecule has 0 radical (unpaired) electrons. The van der Waals surface area contributed by atoms with Crippen molar-refractivity contribution in [1.29, 1.82) is 0 Å². The van der Waals surface area contributed by atoms with Crippen molar-refractivity contribution < 1.29 is 9.53 Å². The number of rotatable bonds is 3. The van der Waals surface area contributed by atoms with E-state index in [2.05, 4.69) is 4.74 Å². The van der Waals surface area contributed by atoms with Crippen LogP contribution in [0.2, 0.25) is 0 Å². The van der Waals surface area contributed by atoms with Gasteiger partial charge in [-0.2, -0.15) is 11.8 Å². The molecule has 1 atom stereocenters. The molecule has 0 aliphatic rings. The van der Waals surface area contributed by atoms with Gasteiger partial charge in [0, 0.05) is 12.7 Å². The first-order chi connectivity index (χ1) is 4.16. The summed E-state index contributed by atoms with van der Waals surface area (Å²) >= 11 is 1.55. The highest BCUT2D eigenvalue weighted by molar-refractivity contribution is 7.98. The van der Waals surface area contributed by atoms with Gasteiger partial charge >= 0.3 is 5.97 Å². The molecule has 3 nitrogen and oxygen atoms in total. The summed E-state index contributed by atoms with van der Waals surface area (Å²) in [5.41, 5.74) is 5.32. The van der Waals surface area contributed by atoms with E-state index in [1.807, 2.05) is 6.26 Å². The molecular weight excluding hydrogens is 138 g/mol. The van der Waals surface area contributed by atoms with Gasteiger partial charge in [0.15, 0.2) is 6.23 Å². The fourth-order valence-electron chi connectivity index (χ4n) is 0.411. The highest BCUT2D eigenvalue weighted by Gasteiger charge is 2.02. The van der Waals surface area contributed by atoms with Crippen molar-refractivity contribution in [3.63, 3.8) is 0 Å². The lowest BCUT2D eigenvalue weighted by Gasteiger charge is -2.08. The summed E-state index contributed by atoms with van der Waals surface area (Å²) < 4.78 is 4.61. The Bertz CT molecular complexity index is 97.0. The lowest BCUT2D eigenvalue weighted by Crippen LogP contribution is -2.28. The first-order valence-corrected chi connectivity index (χ1v) is 3.98. The molecular formula is C5H11NO2S. The summed E-state index contributed by atoms with van der Waals surface area (Å²) in [7, 11) is 0. The first kappa shape index (κ1) is 8.78. The van der Waals surface area contributed by atoms with E-state index in [1.165, 1.54) is 6.92 Å². The van der Waals surface area contributed by atoms with Crippen LogP contribution in [0.25, 0.3) is 0 Å². The second-order valence-corrected chi connectivity index (χ2v) is 2.51. The minimum Gasteiger partial charge on any atom is -0.446 e. The number of hydrogen-bond acceptors (Lipinski definition) is 4. The zero-order valence-corrected chi connectivity index (χ0v) is 6.40. The van der Waals surface area contributed by atoms with Gasteiger partial charge in [0.2, 0.25) is 0 Å². The first-order valence-electron chi connectivity index (χ1n) is 2.58. The van der Waals surface area contributed by atoms with Crippen molar-refractivity contribution in [3.8, 4) is 0 Å². The Balaban J connectivity index is 3.26. The van der Waals surface area contributed by atoms with E-state index in [9.17, 15) is 4.79 Å². The molecule has 4 heteroatoms. The summed E-state index contributed by atoms with van der Waals surface area (Å²) in [6.07, 6.45) is 1.46. The fourth-order valence-corrected chi connectivity index (χ4v) is 0.808. The van der Waals surface area contributed by atoms with Crippen molar-refractivity contribution in [2.45, 2.75) is 13.2 Å². The van der Waals surface area contributed by atoms with E-state index in [0.717, 1.165) is 0 Å². The molecule has 0 amide bonds. The largest absolute Gasteiger partial charge is 0.446 e. The number of thioether (sulfide) groups is 1. The normalized spacial score (nSPS) is 12.8. The summed E-state index contributed by atoms with van der Waals surface area (Å²) in [5.74, 6) is 0.330. The molecule has 0 heterocycles. The second kappa shape index (κ2) is 4.64. The van der Waals surface area contributed by atoms with Crippen molar-refractivity contribution >= 4 is 17.7 Å². The van der Waals surface area contributed by atoms with Crippen LogP contribution < -0.4 is 5.73 Å². The molecule has 0 unspecified atom stereocenters. The molecule has 0 aromatic rings. The molecule has 0 saturated carbocycles. The molecule has 0 fully saturated rings. The van der Waals surface area contributed by atoms with Gasteiger partial charge in [-0.3, -0.25) is 10.5 Å². The van der Waals surface area contributed by atoms with Crippen molar-refractivity contribution in [2.75, 3.05) is 12.0 Å². The van der Waals surface area contributed by atoms with Crippen LogP contribution in [0.4, 0.5) is 0 Å². The standard InChI is InChI=1S/C5H11NO2S/c1-4(7)8-5(6)3-9-2/h5H,3,6H2,1-2H3/t5-/m1/s1. The lowest BCUT2D eigenvalue weighted by molar-refractivity contribution is -0.144. The molecule has 0 aromatic carbocycles. The van der Waals surface area contributed by atoms with Crippen LogP contribution in [0.3, 0.4) is 0 Å². The number of esters is 1. The average Bonchev–Trinajstić information content (AvgIpc) is 1.63. The molecule has 54 valence electrons. The third-order valence-electron chi connectivity index (χ3n) is 0.648. The third kappa shape index (κ3) is 5.65. The number of ether oxygens (including phenoxy) is 1. The molecule has 2 N–H and O–H groups in total. The minimum atomic E-state index is -0.447. The quantitative estimate of drug-likeness (QED) is 0.460. The zero-order valence-electron chi connectivity index (χ0n) is 5.59. The van der Waals surface area contributed by atoms with E-state index in [1.54, 1.807) is 11.8 Å². The van der Waals surface area contributed by atoms with Gasteiger partial charge in [-0.15, -0.1) is 0 Å². The topological polar surface area (TPSA) is 52.3 Å². The minimum absolute atomic E-state index is 0.323. The molecule has 0 spiro atoms.